The highest BCUT2D eigenvalue weighted by atomic mass is 16.5. The van der Waals surface area contributed by atoms with Crippen LogP contribution in [-0.4, -0.2) is 12.6 Å². The van der Waals surface area contributed by atoms with E-state index in [1.807, 2.05) is 0 Å². The Balaban J connectivity index is 1.04. The van der Waals surface area contributed by atoms with Gasteiger partial charge in [-0.1, -0.05) is 13.8 Å². The fraction of sp³-hybridized carbons (Fsp3) is 0.962. The Morgan fingerprint density at radius 3 is 2.04 bits per heavy atom. The van der Waals surface area contributed by atoms with Gasteiger partial charge in [0.25, 0.3) is 0 Å². The number of hydrogen-bond acceptors (Lipinski definition) is 2. The summed E-state index contributed by atoms with van der Waals surface area (Å²) >= 11 is 0. The van der Waals surface area contributed by atoms with E-state index in [-0.39, 0.29) is 11.9 Å². The topological polar surface area (TPSA) is 26.3 Å². The van der Waals surface area contributed by atoms with E-state index in [2.05, 4.69) is 13.8 Å². The Labute approximate surface area is 170 Å². The van der Waals surface area contributed by atoms with Crippen LogP contribution in [0.15, 0.2) is 0 Å². The molecule has 0 aromatic rings. The van der Waals surface area contributed by atoms with Gasteiger partial charge in [-0.15, -0.1) is 0 Å². The number of carbonyl (C=O) groups is 1. The van der Waals surface area contributed by atoms with Crippen LogP contribution in [0, 0.1) is 76.4 Å². The zero-order chi connectivity index (χ0) is 18.8. The summed E-state index contributed by atoms with van der Waals surface area (Å²) in [6.07, 6.45) is 12.5. The van der Waals surface area contributed by atoms with Gasteiger partial charge in [0.1, 0.15) is 0 Å². The molecule has 0 N–H and O–H groups in total. The number of fused-ring (bicyclic) bond motifs is 9. The smallest absolute Gasteiger partial charge is 0.309 e. The third kappa shape index (κ3) is 2.14. The zero-order valence-corrected chi connectivity index (χ0v) is 17.8. The van der Waals surface area contributed by atoms with Crippen molar-refractivity contribution in [3.63, 3.8) is 0 Å². The maximum absolute atomic E-state index is 13.2. The number of hydrogen-bond donors (Lipinski definition) is 0. The average molecular weight is 383 g/mol. The molecule has 0 spiro atoms. The van der Waals surface area contributed by atoms with Crippen molar-refractivity contribution in [2.75, 3.05) is 6.61 Å². The molecule has 2 nitrogen and oxygen atoms in total. The molecule has 0 aromatic heterocycles. The summed E-state index contributed by atoms with van der Waals surface area (Å²) in [5.74, 6) is 10.4. The summed E-state index contributed by atoms with van der Waals surface area (Å²) in [4.78, 5) is 13.2. The van der Waals surface area contributed by atoms with Gasteiger partial charge in [-0.05, 0) is 123 Å². The maximum Gasteiger partial charge on any atom is 0.309 e. The lowest BCUT2D eigenvalue weighted by molar-refractivity contribution is -0.163. The quantitative estimate of drug-likeness (QED) is 0.472. The van der Waals surface area contributed by atoms with E-state index in [1.54, 1.807) is 0 Å². The summed E-state index contributed by atoms with van der Waals surface area (Å²) in [5.41, 5.74) is 0.376. The van der Waals surface area contributed by atoms with Crippen LogP contribution >= 0.6 is 0 Å². The minimum atomic E-state index is 0.213. The van der Waals surface area contributed by atoms with E-state index in [9.17, 15) is 4.79 Å². The van der Waals surface area contributed by atoms with E-state index in [1.165, 1.54) is 51.4 Å². The summed E-state index contributed by atoms with van der Waals surface area (Å²) in [7, 11) is 0. The minimum Gasteiger partial charge on any atom is -0.465 e. The Morgan fingerprint density at radius 2 is 1.39 bits per heavy atom. The molecule has 0 amide bonds. The van der Waals surface area contributed by atoms with Gasteiger partial charge in [0, 0.05) is 5.41 Å². The summed E-state index contributed by atoms with van der Waals surface area (Å²) in [6.45, 7) is 5.77. The van der Waals surface area contributed by atoms with E-state index < -0.39 is 0 Å². The minimum absolute atomic E-state index is 0.213. The Hall–Kier alpha value is -0.530. The van der Waals surface area contributed by atoms with Crippen LogP contribution in [0.25, 0.3) is 0 Å². The monoisotopic (exact) mass is 382 g/mol. The summed E-state index contributed by atoms with van der Waals surface area (Å²) in [6, 6.07) is 0. The van der Waals surface area contributed by atoms with Crippen LogP contribution in [-0.2, 0) is 9.53 Å². The molecule has 8 fully saturated rings. The van der Waals surface area contributed by atoms with Crippen molar-refractivity contribution in [2.24, 2.45) is 76.4 Å². The Kier molecular flexibility index (Phi) is 3.42. The van der Waals surface area contributed by atoms with Gasteiger partial charge >= 0.3 is 5.97 Å². The van der Waals surface area contributed by atoms with Crippen LogP contribution in [0.5, 0.6) is 0 Å². The predicted molar refractivity (Wildman–Crippen MR) is 108 cm³/mol. The Morgan fingerprint density at radius 1 is 0.786 bits per heavy atom. The normalized spacial score (nSPS) is 62.5. The lowest BCUT2D eigenvalue weighted by Gasteiger charge is -2.56. The summed E-state index contributed by atoms with van der Waals surface area (Å²) < 4.78 is 6.20. The fourth-order valence-corrected chi connectivity index (χ4v) is 11.3. The van der Waals surface area contributed by atoms with Crippen molar-refractivity contribution in [1.82, 2.24) is 0 Å². The van der Waals surface area contributed by atoms with Crippen molar-refractivity contribution in [3.05, 3.63) is 0 Å². The van der Waals surface area contributed by atoms with Gasteiger partial charge in [-0.2, -0.15) is 0 Å². The van der Waals surface area contributed by atoms with Crippen molar-refractivity contribution in [2.45, 2.75) is 71.6 Å². The van der Waals surface area contributed by atoms with Crippen LogP contribution in [0.3, 0.4) is 0 Å². The molecule has 8 aliphatic rings. The molecular formula is C26H38O2. The molecule has 8 bridgehead atoms. The molecule has 0 saturated heterocycles. The summed E-state index contributed by atoms with van der Waals surface area (Å²) in [5, 5.41) is 0. The van der Waals surface area contributed by atoms with Crippen LogP contribution < -0.4 is 0 Å². The molecule has 0 heterocycles. The van der Waals surface area contributed by atoms with Crippen LogP contribution in [0.1, 0.15) is 71.6 Å². The molecule has 9 unspecified atom stereocenters. The van der Waals surface area contributed by atoms with Gasteiger partial charge in [-0.3, -0.25) is 4.79 Å². The largest absolute Gasteiger partial charge is 0.465 e. The second-order valence-corrected chi connectivity index (χ2v) is 13.0. The molecule has 9 atom stereocenters. The Bertz CT molecular complexity index is 661. The molecule has 0 aliphatic heterocycles. The average Bonchev–Trinajstić information content (AvgIpc) is 3.38. The number of ether oxygens (including phenoxy) is 1. The number of rotatable bonds is 3. The van der Waals surface area contributed by atoms with Gasteiger partial charge in [0.05, 0.1) is 12.5 Å². The highest BCUT2D eigenvalue weighted by Gasteiger charge is 2.67. The third-order valence-electron chi connectivity index (χ3n) is 11.8. The lowest BCUT2D eigenvalue weighted by atomic mass is 9.50. The van der Waals surface area contributed by atoms with Gasteiger partial charge in [-0.25, -0.2) is 0 Å². The molecule has 28 heavy (non-hydrogen) atoms. The van der Waals surface area contributed by atoms with Gasteiger partial charge in [0.2, 0.25) is 0 Å². The molecule has 0 aromatic carbocycles. The first-order chi connectivity index (χ1) is 13.5. The highest BCUT2D eigenvalue weighted by Crippen LogP contribution is 2.71. The second kappa shape index (κ2) is 5.58. The van der Waals surface area contributed by atoms with E-state index >= 15 is 0 Å². The molecule has 8 saturated carbocycles. The highest BCUT2D eigenvalue weighted by molar-refractivity contribution is 5.73. The zero-order valence-electron chi connectivity index (χ0n) is 17.8. The van der Waals surface area contributed by atoms with Crippen molar-refractivity contribution < 1.29 is 9.53 Å². The molecule has 154 valence electrons. The van der Waals surface area contributed by atoms with Crippen LogP contribution in [0.4, 0.5) is 0 Å². The second-order valence-electron chi connectivity index (χ2n) is 13.0. The van der Waals surface area contributed by atoms with Crippen LogP contribution in [0.2, 0.25) is 0 Å². The third-order valence-corrected chi connectivity index (χ3v) is 11.8. The lowest BCUT2D eigenvalue weighted by Crippen LogP contribution is -2.49. The number of carbonyl (C=O) groups excluding carboxylic acids is 1. The maximum atomic E-state index is 13.2. The first-order valence-corrected chi connectivity index (χ1v) is 12.7. The SMILES string of the molecule is CC1C(C)C2CC1C1C3CC(C(=O)OCC45CC6CC(CC(C6)C4)C5)C(C3)C21. The molecule has 8 rings (SSSR count). The number of esters is 1. The molecular weight excluding hydrogens is 344 g/mol. The van der Waals surface area contributed by atoms with Crippen molar-refractivity contribution >= 4 is 5.97 Å². The molecule has 8 aliphatic carbocycles. The van der Waals surface area contributed by atoms with Crippen molar-refractivity contribution in [1.29, 1.82) is 0 Å². The van der Waals surface area contributed by atoms with Gasteiger partial charge in [0.15, 0.2) is 0 Å². The van der Waals surface area contributed by atoms with Gasteiger partial charge < -0.3 is 4.74 Å². The first-order valence-electron chi connectivity index (χ1n) is 12.7. The van der Waals surface area contributed by atoms with E-state index in [0.29, 0.717) is 11.3 Å². The molecule has 0 radical (unpaired) electrons. The van der Waals surface area contributed by atoms with Crippen molar-refractivity contribution in [3.8, 4) is 0 Å². The van der Waals surface area contributed by atoms with E-state index in [0.717, 1.165) is 72.2 Å². The predicted octanol–water partition coefficient (Wildman–Crippen LogP) is 5.56. The fourth-order valence-electron chi connectivity index (χ4n) is 11.3. The first kappa shape index (κ1) is 17.2. The standard InChI is InChI=1S/C26H38O2/c1-13-14(2)20-8-19(13)23-18-6-21(24(20)23)22(7-18)25(27)28-12-26-9-15-3-16(10-26)5-17(4-15)11-26/h13-24H,3-12H2,1-2H3. The molecule has 2 heteroatoms. The van der Waals surface area contributed by atoms with E-state index in [4.69, 9.17) is 4.74 Å².